The van der Waals surface area contributed by atoms with E-state index in [1.807, 2.05) is 0 Å². The lowest BCUT2D eigenvalue weighted by Crippen LogP contribution is -2.35. The molecule has 0 N–H and O–H groups in total. The van der Waals surface area contributed by atoms with Gasteiger partial charge in [0.05, 0.1) is 5.39 Å². The van der Waals surface area contributed by atoms with Crippen molar-refractivity contribution in [3.8, 4) is 0 Å². The van der Waals surface area contributed by atoms with Crippen LogP contribution in [0.15, 0.2) is 44.0 Å². The lowest BCUT2D eigenvalue weighted by atomic mass is 10.1. The Morgan fingerprint density at radius 1 is 1.00 bits per heavy atom. The molecule has 1 aliphatic heterocycles. The Kier molecular flexibility index (Phi) is 2.99. The van der Waals surface area contributed by atoms with Gasteiger partial charge in [-0.1, -0.05) is 12.1 Å². The number of carbonyl (C=O) groups is 1. The number of carbonyl (C=O) groups excluding carboxylic acids is 1. The average molecular weight is 297 g/mol. The van der Waals surface area contributed by atoms with Crippen molar-refractivity contribution in [3.05, 3.63) is 46.3 Å². The number of para-hydroxylation sites is 1. The number of rotatable bonds is 1. The van der Waals surface area contributed by atoms with Gasteiger partial charge in [0.1, 0.15) is 11.0 Å². The highest BCUT2D eigenvalue weighted by Crippen LogP contribution is 2.23. The summed E-state index contributed by atoms with van der Waals surface area (Å²) in [6.45, 7) is 1.47. The highest BCUT2D eigenvalue weighted by molar-refractivity contribution is 5.97. The first-order chi connectivity index (χ1) is 10.7. The molecule has 5 nitrogen and oxygen atoms in total. The first-order valence-corrected chi connectivity index (χ1v) is 7.49. The maximum atomic E-state index is 12.5. The number of benzene rings is 1. The molecule has 0 atom stereocenters. The average Bonchev–Trinajstić information content (AvgIpc) is 2.99. The van der Waals surface area contributed by atoms with Crippen molar-refractivity contribution < 1.29 is 13.6 Å². The van der Waals surface area contributed by atoms with Crippen LogP contribution in [0.5, 0.6) is 0 Å². The van der Waals surface area contributed by atoms with Gasteiger partial charge < -0.3 is 13.7 Å². The predicted octanol–water partition coefficient (Wildman–Crippen LogP) is 3.17. The predicted molar refractivity (Wildman–Crippen MR) is 82.0 cm³/mol. The largest absolute Gasteiger partial charge is 0.425 e. The van der Waals surface area contributed by atoms with Gasteiger partial charge in [0, 0.05) is 19.2 Å². The Morgan fingerprint density at radius 2 is 1.77 bits per heavy atom. The Bertz CT molecular complexity index is 915. The van der Waals surface area contributed by atoms with Crippen LogP contribution in [0, 0.1) is 0 Å². The van der Waals surface area contributed by atoms with Crippen LogP contribution in [0.3, 0.4) is 0 Å². The second-order valence-electron chi connectivity index (χ2n) is 5.59. The molecule has 1 aliphatic rings. The molecule has 0 bridgehead atoms. The molecular formula is C17H15NO4. The zero-order valence-corrected chi connectivity index (χ0v) is 12.0. The first kappa shape index (κ1) is 13.1. The Hall–Kier alpha value is -2.56. The van der Waals surface area contributed by atoms with Gasteiger partial charge in [0.15, 0.2) is 5.76 Å². The number of nitrogens with zero attached hydrogens (tertiary/aromatic N) is 1. The van der Waals surface area contributed by atoms with Crippen LogP contribution in [0.25, 0.3) is 22.1 Å². The molecule has 3 aromatic rings. The van der Waals surface area contributed by atoms with E-state index in [9.17, 15) is 9.59 Å². The minimum Gasteiger partial charge on any atom is -0.425 e. The molecule has 0 saturated carbocycles. The van der Waals surface area contributed by atoms with E-state index < -0.39 is 0 Å². The third-order valence-corrected chi connectivity index (χ3v) is 4.13. The molecule has 1 fully saturated rings. The summed E-state index contributed by atoms with van der Waals surface area (Å²) in [7, 11) is 0. The molecular weight excluding hydrogens is 282 g/mol. The van der Waals surface area contributed by atoms with E-state index in [1.54, 1.807) is 29.2 Å². The Morgan fingerprint density at radius 3 is 2.59 bits per heavy atom. The van der Waals surface area contributed by atoms with E-state index in [2.05, 4.69) is 0 Å². The fraction of sp³-hybridized carbons (Fsp3) is 0.294. The van der Waals surface area contributed by atoms with E-state index in [0.29, 0.717) is 16.4 Å². The minimum absolute atomic E-state index is 0.115. The van der Waals surface area contributed by atoms with Crippen molar-refractivity contribution in [2.45, 2.75) is 19.3 Å². The third kappa shape index (κ3) is 2.01. The van der Waals surface area contributed by atoms with Crippen LogP contribution in [-0.2, 0) is 0 Å². The van der Waals surface area contributed by atoms with Crippen molar-refractivity contribution in [2.75, 3.05) is 13.1 Å². The maximum Gasteiger partial charge on any atom is 0.302 e. The number of piperidine rings is 1. The third-order valence-electron chi connectivity index (χ3n) is 4.13. The normalized spacial score (nSPS) is 15.5. The topological polar surface area (TPSA) is 63.7 Å². The van der Waals surface area contributed by atoms with Crippen molar-refractivity contribution in [2.24, 2.45) is 0 Å². The van der Waals surface area contributed by atoms with Crippen LogP contribution in [0.4, 0.5) is 0 Å². The highest BCUT2D eigenvalue weighted by atomic mass is 16.5. The van der Waals surface area contributed by atoms with Crippen molar-refractivity contribution in [1.29, 1.82) is 0 Å². The molecule has 0 unspecified atom stereocenters. The molecule has 1 amide bonds. The Balaban J connectivity index is 1.83. The summed E-state index contributed by atoms with van der Waals surface area (Å²) >= 11 is 0. The van der Waals surface area contributed by atoms with E-state index in [0.717, 1.165) is 32.4 Å². The number of hydrogen-bond donors (Lipinski definition) is 0. The number of amides is 1. The Labute approximate surface area is 126 Å². The standard InChI is InChI=1S/C17H15NO4/c19-15-11-6-2-3-7-13(11)21-17-12(15)10-14(22-17)16(20)18-8-4-1-5-9-18/h2-3,6-7,10H,1,4-5,8-9H2. The molecule has 22 heavy (non-hydrogen) atoms. The number of hydrogen-bond acceptors (Lipinski definition) is 4. The van der Waals surface area contributed by atoms with E-state index >= 15 is 0 Å². The quantitative estimate of drug-likeness (QED) is 0.692. The maximum absolute atomic E-state index is 12.5. The molecule has 0 radical (unpaired) electrons. The van der Waals surface area contributed by atoms with Gasteiger partial charge in [0.2, 0.25) is 5.43 Å². The van der Waals surface area contributed by atoms with Gasteiger partial charge >= 0.3 is 5.78 Å². The van der Waals surface area contributed by atoms with Crippen LogP contribution >= 0.6 is 0 Å². The van der Waals surface area contributed by atoms with Gasteiger partial charge in [-0.2, -0.15) is 0 Å². The second-order valence-corrected chi connectivity index (χ2v) is 5.59. The summed E-state index contributed by atoms with van der Waals surface area (Å²) in [6.07, 6.45) is 3.16. The molecule has 1 aromatic carbocycles. The number of fused-ring (bicyclic) bond motifs is 2. The molecule has 0 spiro atoms. The summed E-state index contributed by atoms with van der Waals surface area (Å²) in [4.78, 5) is 26.7. The summed E-state index contributed by atoms with van der Waals surface area (Å²) in [5.41, 5.74) is 0.296. The number of likely N-dealkylation sites (tertiary alicyclic amines) is 1. The molecule has 0 aliphatic carbocycles. The van der Waals surface area contributed by atoms with Crippen LogP contribution in [0.2, 0.25) is 0 Å². The summed E-state index contributed by atoms with van der Waals surface area (Å²) in [6, 6.07) is 8.50. The fourth-order valence-corrected chi connectivity index (χ4v) is 2.95. The monoisotopic (exact) mass is 297 g/mol. The molecule has 3 heterocycles. The molecule has 2 aromatic heterocycles. The molecule has 4 rings (SSSR count). The summed E-state index contributed by atoms with van der Waals surface area (Å²) in [5, 5.41) is 0.812. The van der Waals surface area contributed by atoms with E-state index in [1.165, 1.54) is 6.07 Å². The minimum atomic E-state index is -0.172. The van der Waals surface area contributed by atoms with Crippen molar-refractivity contribution in [3.63, 3.8) is 0 Å². The number of furan rings is 1. The van der Waals surface area contributed by atoms with Crippen LogP contribution in [0.1, 0.15) is 29.8 Å². The van der Waals surface area contributed by atoms with Gasteiger partial charge in [-0.05, 0) is 31.4 Å². The zero-order valence-electron chi connectivity index (χ0n) is 12.0. The van der Waals surface area contributed by atoms with E-state index in [-0.39, 0.29) is 22.9 Å². The van der Waals surface area contributed by atoms with E-state index in [4.69, 9.17) is 8.83 Å². The summed E-state index contributed by atoms with van der Waals surface area (Å²) < 4.78 is 11.1. The molecule has 1 saturated heterocycles. The smallest absolute Gasteiger partial charge is 0.302 e. The van der Waals surface area contributed by atoms with Crippen LogP contribution in [-0.4, -0.2) is 23.9 Å². The van der Waals surface area contributed by atoms with Crippen molar-refractivity contribution >= 4 is 28.0 Å². The zero-order chi connectivity index (χ0) is 15.1. The molecule has 112 valence electrons. The lowest BCUT2D eigenvalue weighted by molar-refractivity contribution is 0.0692. The van der Waals surface area contributed by atoms with Gasteiger partial charge in [-0.25, -0.2) is 0 Å². The summed E-state index contributed by atoms with van der Waals surface area (Å²) in [5.74, 6) is 0.117. The molecule has 5 heteroatoms. The highest BCUT2D eigenvalue weighted by Gasteiger charge is 2.23. The second kappa shape index (κ2) is 5.02. The fourth-order valence-electron chi connectivity index (χ4n) is 2.95. The first-order valence-electron chi connectivity index (χ1n) is 7.49. The van der Waals surface area contributed by atoms with Gasteiger partial charge in [-0.15, -0.1) is 0 Å². The van der Waals surface area contributed by atoms with Gasteiger partial charge in [0.25, 0.3) is 5.91 Å². The van der Waals surface area contributed by atoms with Gasteiger partial charge in [-0.3, -0.25) is 9.59 Å². The lowest BCUT2D eigenvalue weighted by Gasteiger charge is -2.25. The SMILES string of the molecule is O=C(c1cc2c(=O)c3ccccc3oc2o1)N1CCCCC1. The van der Waals surface area contributed by atoms with Crippen LogP contribution < -0.4 is 5.43 Å². The van der Waals surface area contributed by atoms with Crippen molar-refractivity contribution in [1.82, 2.24) is 4.90 Å².